The lowest BCUT2D eigenvalue weighted by Crippen LogP contribution is -2.19. The predicted molar refractivity (Wildman–Crippen MR) is 126 cm³/mol. The number of aryl methyl sites for hydroxylation is 1. The molecule has 7 nitrogen and oxygen atoms in total. The Kier molecular flexibility index (Phi) is 5.36. The standard InChI is InChI=1S/C25H27FN6O/c1-14-20-9-18(26)5-6-19(20)21-13-32(2)31-22(21)7-16(10-27)24(29-11-15-3-4-15)17-8-23(33-14)25(28)30-12-17/h5-6,8-10,12-15,27,29H,3-4,7,11H2,1-2H3,(H2,28,30)/b24-16-,27-10?/t14-/m1/s1. The van der Waals surface area contributed by atoms with Crippen molar-refractivity contribution in [1.29, 1.82) is 5.41 Å². The van der Waals surface area contributed by atoms with Crippen molar-refractivity contribution >= 4 is 17.7 Å². The van der Waals surface area contributed by atoms with Crippen molar-refractivity contribution in [3.05, 3.63) is 64.9 Å². The van der Waals surface area contributed by atoms with E-state index in [1.54, 1.807) is 16.9 Å². The van der Waals surface area contributed by atoms with Crippen LogP contribution >= 0.6 is 0 Å². The van der Waals surface area contributed by atoms with E-state index in [2.05, 4.69) is 10.3 Å². The van der Waals surface area contributed by atoms with Crippen molar-refractivity contribution in [2.24, 2.45) is 13.0 Å². The summed E-state index contributed by atoms with van der Waals surface area (Å²) >= 11 is 0. The fourth-order valence-electron chi connectivity index (χ4n) is 4.31. The quantitative estimate of drug-likeness (QED) is 0.520. The van der Waals surface area contributed by atoms with Crippen LogP contribution in [0.2, 0.25) is 0 Å². The number of ether oxygens (including phenoxy) is 1. The summed E-state index contributed by atoms with van der Waals surface area (Å²) in [6, 6.07) is 6.54. The summed E-state index contributed by atoms with van der Waals surface area (Å²) in [5, 5.41) is 16.4. The molecule has 33 heavy (non-hydrogen) atoms. The van der Waals surface area contributed by atoms with Gasteiger partial charge in [-0.2, -0.15) is 5.10 Å². The maximum absolute atomic E-state index is 14.3. The first-order chi connectivity index (χ1) is 15.9. The second-order valence-corrected chi connectivity index (χ2v) is 8.81. The fourth-order valence-corrected chi connectivity index (χ4v) is 4.31. The minimum absolute atomic E-state index is 0.264. The molecule has 170 valence electrons. The Hall–Kier alpha value is -3.68. The van der Waals surface area contributed by atoms with Crippen LogP contribution in [-0.2, 0) is 13.5 Å². The summed E-state index contributed by atoms with van der Waals surface area (Å²) in [6.07, 6.45) is 7.39. The summed E-state index contributed by atoms with van der Waals surface area (Å²) in [5.74, 6) is 1.00. The number of rotatable bonds is 4. The van der Waals surface area contributed by atoms with E-state index in [9.17, 15) is 4.39 Å². The number of nitrogens with one attached hydrogen (secondary N) is 2. The minimum atomic E-state index is -0.475. The lowest BCUT2D eigenvalue weighted by atomic mass is 9.93. The second-order valence-electron chi connectivity index (χ2n) is 8.81. The molecule has 2 aliphatic rings. The number of anilines is 1. The Morgan fingerprint density at radius 1 is 1.30 bits per heavy atom. The van der Waals surface area contributed by atoms with Crippen molar-refractivity contribution in [3.63, 3.8) is 0 Å². The number of benzene rings is 1. The molecule has 8 heteroatoms. The van der Waals surface area contributed by atoms with E-state index >= 15 is 0 Å². The lowest BCUT2D eigenvalue weighted by molar-refractivity contribution is 0.227. The maximum atomic E-state index is 14.3. The molecule has 1 atom stereocenters. The summed E-state index contributed by atoms with van der Waals surface area (Å²) in [4.78, 5) is 4.36. The van der Waals surface area contributed by atoms with Gasteiger partial charge in [-0.1, -0.05) is 6.07 Å². The van der Waals surface area contributed by atoms with Gasteiger partial charge in [-0.3, -0.25) is 4.68 Å². The molecular weight excluding hydrogens is 419 g/mol. The number of nitrogens with zero attached hydrogens (tertiary/aromatic N) is 3. The molecule has 2 bridgehead atoms. The van der Waals surface area contributed by atoms with Crippen LogP contribution in [0.25, 0.3) is 16.8 Å². The Bertz CT molecular complexity index is 1260. The smallest absolute Gasteiger partial charge is 0.166 e. The van der Waals surface area contributed by atoms with Crippen LogP contribution in [0.4, 0.5) is 10.2 Å². The number of aromatic nitrogens is 3. The molecule has 3 aromatic rings. The summed E-state index contributed by atoms with van der Waals surface area (Å²) in [5.41, 5.74) is 11.8. The Balaban J connectivity index is 1.73. The van der Waals surface area contributed by atoms with Crippen LogP contribution in [0, 0.1) is 17.1 Å². The molecule has 1 aromatic carbocycles. The van der Waals surface area contributed by atoms with Crippen molar-refractivity contribution < 1.29 is 9.13 Å². The monoisotopic (exact) mass is 446 g/mol. The van der Waals surface area contributed by atoms with Crippen LogP contribution < -0.4 is 15.8 Å². The van der Waals surface area contributed by atoms with E-state index in [0.29, 0.717) is 23.7 Å². The number of halogens is 1. The first-order valence-electron chi connectivity index (χ1n) is 11.1. The highest BCUT2D eigenvalue weighted by Gasteiger charge is 2.25. The molecule has 0 amide bonds. The summed E-state index contributed by atoms with van der Waals surface area (Å²) < 4.78 is 22.2. The molecule has 1 fully saturated rings. The highest BCUT2D eigenvalue weighted by Crippen LogP contribution is 2.37. The Morgan fingerprint density at radius 3 is 2.88 bits per heavy atom. The fraction of sp³-hybridized carbons (Fsp3) is 0.320. The van der Waals surface area contributed by atoms with Crippen LogP contribution in [0.3, 0.4) is 0 Å². The highest BCUT2D eigenvalue weighted by molar-refractivity contribution is 5.90. The van der Waals surface area contributed by atoms with Crippen molar-refractivity contribution in [3.8, 4) is 16.9 Å². The molecule has 0 saturated heterocycles. The van der Waals surface area contributed by atoms with Gasteiger partial charge in [0.05, 0.1) is 5.69 Å². The molecule has 1 aliphatic carbocycles. The molecule has 4 N–H and O–H groups in total. The number of pyridine rings is 1. The third-order valence-electron chi connectivity index (χ3n) is 6.24. The average Bonchev–Trinajstić information content (AvgIpc) is 3.55. The van der Waals surface area contributed by atoms with E-state index in [-0.39, 0.29) is 11.6 Å². The van der Waals surface area contributed by atoms with Gasteiger partial charge in [0.15, 0.2) is 11.6 Å². The number of nitrogen functional groups attached to an aromatic ring is 1. The topological polar surface area (TPSA) is 102 Å². The van der Waals surface area contributed by atoms with E-state index < -0.39 is 6.10 Å². The van der Waals surface area contributed by atoms with Gasteiger partial charge in [0, 0.05) is 61.0 Å². The third-order valence-corrected chi connectivity index (χ3v) is 6.24. The van der Waals surface area contributed by atoms with Crippen LogP contribution in [0.5, 0.6) is 5.75 Å². The molecule has 0 spiro atoms. The van der Waals surface area contributed by atoms with Crippen LogP contribution in [0.15, 0.2) is 42.2 Å². The normalized spacial score (nSPS) is 20.0. The van der Waals surface area contributed by atoms with Crippen molar-refractivity contribution in [2.45, 2.75) is 32.3 Å². The van der Waals surface area contributed by atoms with Gasteiger partial charge in [-0.05, 0) is 55.0 Å². The number of hydrogen-bond donors (Lipinski definition) is 3. The molecule has 1 saturated carbocycles. The predicted octanol–water partition coefficient (Wildman–Crippen LogP) is 4.26. The van der Waals surface area contributed by atoms with E-state index in [4.69, 9.17) is 21.0 Å². The SMILES string of the molecule is C[C@H]1Oc2cc(cnc2N)/C(NCC2CC2)=C(/C=N)Cc2nn(C)cc2-c2ccc(F)cc21. The minimum Gasteiger partial charge on any atom is -0.482 e. The van der Waals surface area contributed by atoms with Gasteiger partial charge >= 0.3 is 0 Å². The largest absolute Gasteiger partial charge is 0.482 e. The first-order valence-corrected chi connectivity index (χ1v) is 11.1. The Morgan fingerprint density at radius 2 is 2.12 bits per heavy atom. The van der Waals surface area contributed by atoms with Crippen LogP contribution in [0.1, 0.15) is 42.7 Å². The van der Waals surface area contributed by atoms with E-state index in [1.807, 2.05) is 26.2 Å². The molecule has 5 rings (SSSR count). The van der Waals surface area contributed by atoms with Gasteiger partial charge in [-0.25, -0.2) is 9.37 Å². The molecule has 0 unspecified atom stereocenters. The second kappa shape index (κ2) is 8.35. The summed E-state index contributed by atoms with van der Waals surface area (Å²) in [7, 11) is 1.86. The number of nitrogens with two attached hydrogens (primary N) is 1. The average molecular weight is 447 g/mol. The van der Waals surface area contributed by atoms with E-state index in [1.165, 1.54) is 31.2 Å². The van der Waals surface area contributed by atoms with Crippen molar-refractivity contribution in [1.82, 2.24) is 20.1 Å². The third kappa shape index (κ3) is 4.20. The molecule has 0 radical (unpaired) electrons. The zero-order valence-corrected chi connectivity index (χ0v) is 18.7. The molecule has 1 aliphatic heterocycles. The van der Waals surface area contributed by atoms with Gasteiger partial charge in [-0.15, -0.1) is 0 Å². The van der Waals surface area contributed by atoms with E-state index in [0.717, 1.165) is 40.2 Å². The van der Waals surface area contributed by atoms with Crippen LogP contribution in [-0.4, -0.2) is 27.5 Å². The highest BCUT2D eigenvalue weighted by atomic mass is 19.1. The zero-order valence-electron chi connectivity index (χ0n) is 18.7. The lowest BCUT2D eigenvalue weighted by Gasteiger charge is -2.22. The Labute approximate surface area is 192 Å². The maximum Gasteiger partial charge on any atom is 0.166 e. The molecule has 3 heterocycles. The number of allylic oxidation sites excluding steroid dienone is 1. The van der Waals surface area contributed by atoms with Gasteiger partial charge in [0.25, 0.3) is 0 Å². The number of fused-ring (bicyclic) bond motifs is 5. The molecule has 2 aromatic heterocycles. The van der Waals surface area contributed by atoms with Gasteiger partial charge < -0.3 is 21.2 Å². The first kappa shape index (κ1) is 21.2. The summed E-state index contributed by atoms with van der Waals surface area (Å²) in [6.45, 7) is 2.71. The molecular formula is C25H27FN6O. The zero-order chi connectivity index (χ0) is 23.1. The number of hydrogen-bond acceptors (Lipinski definition) is 6. The van der Waals surface area contributed by atoms with Gasteiger partial charge in [0.2, 0.25) is 0 Å². The van der Waals surface area contributed by atoms with Crippen molar-refractivity contribution in [2.75, 3.05) is 12.3 Å². The van der Waals surface area contributed by atoms with Gasteiger partial charge in [0.1, 0.15) is 11.9 Å².